The molecule has 0 bridgehead atoms. The van der Waals surface area contributed by atoms with E-state index in [1.54, 1.807) is 0 Å². The molecule has 2 fully saturated rings. The lowest BCUT2D eigenvalue weighted by molar-refractivity contribution is -0.139. The summed E-state index contributed by atoms with van der Waals surface area (Å²) in [5, 5.41) is 3.38. The van der Waals surface area contributed by atoms with Crippen molar-refractivity contribution in [1.82, 2.24) is 10.2 Å². The van der Waals surface area contributed by atoms with Crippen molar-refractivity contribution in [1.29, 1.82) is 0 Å². The number of rotatable bonds is 4. The van der Waals surface area contributed by atoms with Crippen LogP contribution in [0, 0.1) is 5.92 Å². The van der Waals surface area contributed by atoms with Gasteiger partial charge in [0.1, 0.15) is 0 Å². The first kappa shape index (κ1) is 14.8. The highest BCUT2D eigenvalue weighted by molar-refractivity contribution is 5.79. The molecule has 4 heteroatoms. The lowest BCUT2D eigenvalue weighted by Crippen LogP contribution is -2.49. The van der Waals surface area contributed by atoms with Gasteiger partial charge < -0.3 is 16.0 Å². The maximum Gasteiger partial charge on any atom is 0.225 e. The Labute approximate surface area is 117 Å². The molecule has 2 unspecified atom stereocenters. The average Bonchev–Trinajstić information content (AvgIpc) is 2.45. The highest BCUT2D eigenvalue weighted by Crippen LogP contribution is 2.27. The highest BCUT2D eigenvalue weighted by Gasteiger charge is 2.32. The van der Waals surface area contributed by atoms with E-state index < -0.39 is 0 Å². The van der Waals surface area contributed by atoms with Gasteiger partial charge in [0.05, 0.1) is 0 Å². The molecule has 0 spiro atoms. The van der Waals surface area contributed by atoms with Gasteiger partial charge in [-0.25, -0.2) is 0 Å². The molecule has 0 radical (unpaired) electrons. The summed E-state index contributed by atoms with van der Waals surface area (Å²) in [6.45, 7) is 5.16. The van der Waals surface area contributed by atoms with Crippen LogP contribution in [0.3, 0.4) is 0 Å². The van der Waals surface area contributed by atoms with Crippen LogP contribution in [0.1, 0.15) is 51.9 Å². The average molecular weight is 267 g/mol. The molecule has 2 atom stereocenters. The Hall–Kier alpha value is -0.610. The number of hydrogen-bond donors (Lipinski definition) is 2. The Bertz CT molecular complexity index is 289. The molecular weight excluding hydrogens is 238 g/mol. The number of nitrogens with two attached hydrogens (primary N) is 1. The van der Waals surface area contributed by atoms with Gasteiger partial charge in [0, 0.05) is 24.5 Å². The smallest absolute Gasteiger partial charge is 0.225 e. The summed E-state index contributed by atoms with van der Waals surface area (Å²) in [6.07, 6.45) is 7.39. The van der Waals surface area contributed by atoms with Gasteiger partial charge in [-0.15, -0.1) is 0 Å². The molecule has 1 saturated carbocycles. The fourth-order valence-electron chi connectivity index (χ4n) is 3.52. The molecule has 1 aliphatic heterocycles. The zero-order chi connectivity index (χ0) is 13.7. The molecule has 2 rings (SSSR count). The SMILES string of the molecule is CCCN(C(=O)C1CCCC(N)C1)C1CCNCC1. The van der Waals surface area contributed by atoms with E-state index >= 15 is 0 Å². The van der Waals surface area contributed by atoms with Gasteiger partial charge in [0.2, 0.25) is 5.91 Å². The van der Waals surface area contributed by atoms with Crippen LogP contribution in [0.5, 0.6) is 0 Å². The van der Waals surface area contributed by atoms with Gasteiger partial charge in [-0.1, -0.05) is 13.3 Å². The second-order valence-electron chi connectivity index (χ2n) is 6.14. The van der Waals surface area contributed by atoms with E-state index in [4.69, 9.17) is 5.73 Å². The summed E-state index contributed by atoms with van der Waals surface area (Å²) in [5.74, 6) is 0.564. The van der Waals surface area contributed by atoms with Gasteiger partial charge in [-0.3, -0.25) is 4.79 Å². The van der Waals surface area contributed by atoms with Crippen molar-refractivity contribution in [2.24, 2.45) is 11.7 Å². The number of amides is 1. The lowest BCUT2D eigenvalue weighted by Gasteiger charge is -2.38. The minimum atomic E-state index is 0.185. The molecule has 0 aromatic rings. The second-order valence-corrected chi connectivity index (χ2v) is 6.14. The van der Waals surface area contributed by atoms with Gasteiger partial charge in [-0.2, -0.15) is 0 Å². The molecule has 1 heterocycles. The summed E-state index contributed by atoms with van der Waals surface area (Å²) in [4.78, 5) is 15.0. The van der Waals surface area contributed by atoms with Crippen LogP contribution in [0.25, 0.3) is 0 Å². The van der Waals surface area contributed by atoms with Crippen LogP contribution in [0.2, 0.25) is 0 Å². The van der Waals surface area contributed by atoms with E-state index in [9.17, 15) is 4.79 Å². The molecule has 1 saturated heterocycles. The van der Waals surface area contributed by atoms with E-state index in [1.807, 2.05) is 0 Å². The number of piperidine rings is 1. The van der Waals surface area contributed by atoms with E-state index in [0.29, 0.717) is 11.9 Å². The minimum absolute atomic E-state index is 0.185. The van der Waals surface area contributed by atoms with Crippen LogP contribution in [-0.2, 0) is 4.79 Å². The van der Waals surface area contributed by atoms with E-state index in [2.05, 4.69) is 17.1 Å². The quantitative estimate of drug-likeness (QED) is 0.811. The van der Waals surface area contributed by atoms with Crippen molar-refractivity contribution in [3.05, 3.63) is 0 Å². The highest BCUT2D eigenvalue weighted by atomic mass is 16.2. The molecule has 1 aliphatic carbocycles. The van der Waals surface area contributed by atoms with Gasteiger partial charge in [0.15, 0.2) is 0 Å². The van der Waals surface area contributed by atoms with Crippen LogP contribution in [0.15, 0.2) is 0 Å². The first-order chi connectivity index (χ1) is 9.22. The van der Waals surface area contributed by atoms with Crippen LogP contribution < -0.4 is 11.1 Å². The molecule has 2 aliphatic rings. The lowest BCUT2D eigenvalue weighted by atomic mass is 9.84. The standard InChI is InChI=1S/C15H29N3O/c1-2-10-18(14-6-8-17-9-7-14)15(19)12-4-3-5-13(16)11-12/h12-14,17H,2-11,16H2,1H3. The number of carbonyl (C=O) groups excluding carboxylic acids is 1. The first-order valence-electron chi connectivity index (χ1n) is 7.99. The zero-order valence-corrected chi connectivity index (χ0v) is 12.2. The van der Waals surface area contributed by atoms with E-state index in [0.717, 1.165) is 64.6 Å². The van der Waals surface area contributed by atoms with Crippen molar-refractivity contribution in [2.45, 2.75) is 64.0 Å². The molecule has 0 aromatic carbocycles. The van der Waals surface area contributed by atoms with Crippen molar-refractivity contribution in [2.75, 3.05) is 19.6 Å². The van der Waals surface area contributed by atoms with Crippen LogP contribution >= 0.6 is 0 Å². The predicted octanol–water partition coefficient (Wildman–Crippen LogP) is 1.49. The third-order valence-electron chi connectivity index (χ3n) is 4.56. The number of carbonyl (C=O) groups is 1. The van der Waals surface area contributed by atoms with Crippen molar-refractivity contribution in [3.63, 3.8) is 0 Å². The van der Waals surface area contributed by atoms with Crippen molar-refractivity contribution < 1.29 is 4.79 Å². The normalized spacial score (nSPS) is 29.2. The molecular formula is C15H29N3O. The van der Waals surface area contributed by atoms with Crippen molar-refractivity contribution >= 4 is 5.91 Å². The summed E-state index contributed by atoms with van der Waals surface area (Å²) in [6, 6.07) is 0.686. The van der Waals surface area contributed by atoms with Crippen molar-refractivity contribution in [3.8, 4) is 0 Å². The largest absolute Gasteiger partial charge is 0.339 e. The first-order valence-corrected chi connectivity index (χ1v) is 7.99. The maximum absolute atomic E-state index is 12.8. The fourth-order valence-corrected chi connectivity index (χ4v) is 3.52. The predicted molar refractivity (Wildman–Crippen MR) is 77.8 cm³/mol. The molecule has 110 valence electrons. The fraction of sp³-hybridized carbons (Fsp3) is 0.933. The molecule has 0 aromatic heterocycles. The summed E-state index contributed by atoms with van der Waals surface area (Å²) in [5.41, 5.74) is 6.03. The maximum atomic E-state index is 12.8. The summed E-state index contributed by atoms with van der Waals surface area (Å²) < 4.78 is 0. The molecule has 4 nitrogen and oxygen atoms in total. The van der Waals surface area contributed by atoms with Crippen LogP contribution in [-0.4, -0.2) is 42.5 Å². The molecule has 3 N–H and O–H groups in total. The van der Waals surface area contributed by atoms with Gasteiger partial charge >= 0.3 is 0 Å². The number of nitrogens with zero attached hydrogens (tertiary/aromatic N) is 1. The second kappa shape index (κ2) is 7.25. The third kappa shape index (κ3) is 3.93. The Morgan fingerprint density at radius 3 is 2.63 bits per heavy atom. The monoisotopic (exact) mass is 267 g/mol. The van der Waals surface area contributed by atoms with Gasteiger partial charge in [-0.05, 0) is 51.6 Å². The Kier molecular flexibility index (Phi) is 5.64. The third-order valence-corrected chi connectivity index (χ3v) is 4.56. The summed E-state index contributed by atoms with van der Waals surface area (Å²) in [7, 11) is 0. The molecule has 19 heavy (non-hydrogen) atoms. The van der Waals surface area contributed by atoms with Gasteiger partial charge in [0.25, 0.3) is 0 Å². The number of hydrogen-bond acceptors (Lipinski definition) is 3. The Balaban J connectivity index is 1.98. The Morgan fingerprint density at radius 2 is 2.00 bits per heavy atom. The zero-order valence-electron chi connectivity index (χ0n) is 12.2. The Morgan fingerprint density at radius 1 is 1.26 bits per heavy atom. The van der Waals surface area contributed by atoms with Crippen LogP contribution in [0.4, 0.5) is 0 Å². The van der Waals surface area contributed by atoms with E-state index in [-0.39, 0.29) is 12.0 Å². The topological polar surface area (TPSA) is 58.4 Å². The van der Waals surface area contributed by atoms with E-state index in [1.165, 1.54) is 0 Å². The molecule has 1 amide bonds. The number of nitrogens with one attached hydrogen (secondary N) is 1. The summed E-state index contributed by atoms with van der Waals surface area (Å²) >= 11 is 0. The minimum Gasteiger partial charge on any atom is -0.339 e.